The van der Waals surface area contributed by atoms with Gasteiger partial charge in [0.2, 0.25) is 5.91 Å². The number of hydrogen-bond donors (Lipinski definition) is 2. The van der Waals surface area contributed by atoms with Crippen molar-refractivity contribution in [1.29, 1.82) is 0 Å². The highest BCUT2D eigenvalue weighted by Crippen LogP contribution is 2.48. The van der Waals surface area contributed by atoms with E-state index in [9.17, 15) is 4.79 Å². The van der Waals surface area contributed by atoms with Crippen LogP contribution in [-0.2, 0) is 9.53 Å². The third kappa shape index (κ3) is 3.03. The zero-order chi connectivity index (χ0) is 15.6. The monoisotopic (exact) mass is 309 g/mol. The summed E-state index contributed by atoms with van der Waals surface area (Å²) in [5.41, 5.74) is 5.47. The zero-order valence-corrected chi connectivity index (χ0v) is 13.9. The number of carbonyl (C=O) groups excluding carboxylic acids is 1. The minimum absolute atomic E-state index is 0.109. The van der Waals surface area contributed by atoms with E-state index in [1.807, 2.05) is 0 Å². The number of primary amides is 1. The topological polar surface area (TPSA) is 67.6 Å². The molecular weight excluding hydrogens is 278 g/mol. The van der Waals surface area contributed by atoms with Crippen LogP contribution in [0.5, 0.6) is 0 Å². The third-order valence-electron chi connectivity index (χ3n) is 6.21. The maximum atomic E-state index is 12.2. The van der Waals surface area contributed by atoms with Crippen LogP contribution in [0.2, 0.25) is 0 Å². The molecule has 3 fully saturated rings. The SMILES string of the molecule is CC1(C(N)=O)CCCCC1C1CCCOC1N1CCNCC1. The molecule has 2 aliphatic heterocycles. The fourth-order valence-electron chi connectivity index (χ4n) is 4.85. The summed E-state index contributed by atoms with van der Waals surface area (Å²) in [4.78, 5) is 14.7. The molecule has 3 N–H and O–H groups in total. The molecule has 5 heteroatoms. The van der Waals surface area contributed by atoms with E-state index in [1.165, 1.54) is 12.8 Å². The Morgan fingerprint density at radius 1 is 1.23 bits per heavy atom. The smallest absolute Gasteiger partial charge is 0.223 e. The van der Waals surface area contributed by atoms with Gasteiger partial charge in [0.05, 0.1) is 0 Å². The van der Waals surface area contributed by atoms with Crippen LogP contribution in [0, 0.1) is 17.3 Å². The molecule has 0 aromatic rings. The van der Waals surface area contributed by atoms with Gasteiger partial charge >= 0.3 is 0 Å². The van der Waals surface area contributed by atoms with Gasteiger partial charge in [0, 0.05) is 44.1 Å². The summed E-state index contributed by atoms with van der Waals surface area (Å²) >= 11 is 0. The first-order chi connectivity index (χ1) is 10.6. The predicted octanol–water partition coefficient (Wildman–Crippen LogP) is 1.33. The molecule has 5 nitrogen and oxygen atoms in total. The maximum absolute atomic E-state index is 12.2. The molecule has 1 saturated carbocycles. The summed E-state index contributed by atoms with van der Waals surface area (Å²) in [7, 11) is 0. The highest BCUT2D eigenvalue weighted by molar-refractivity contribution is 5.80. The molecule has 2 heterocycles. The van der Waals surface area contributed by atoms with Crippen LogP contribution in [0.1, 0.15) is 45.4 Å². The van der Waals surface area contributed by atoms with Gasteiger partial charge < -0.3 is 15.8 Å². The van der Waals surface area contributed by atoms with E-state index in [4.69, 9.17) is 10.5 Å². The van der Waals surface area contributed by atoms with Gasteiger partial charge in [-0.3, -0.25) is 9.69 Å². The van der Waals surface area contributed by atoms with E-state index in [0.717, 1.165) is 58.5 Å². The molecule has 0 radical (unpaired) electrons. The molecule has 2 saturated heterocycles. The summed E-state index contributed by atoms with van der Waals surface area (Å²) in [6.45, 7) is 7.10. The molecule has 126 valence electrons. The molecule has 22 heavy (non-hydrogen) atoms. The van der Waals surface area contributed by atoms with Crippen LogP contribution in [0.25, 0.3) is 0 Å². The van der Waals surface area contributed by atoms with Gasteiger partial charge in [-0.25, -0.2) is 0 Å². The molecule has 4 unspecified atom stereocenters. The number of hydrogen-bond acceptors (Lipinski definition) is 4. The highest BCUT2D eigenvalue weighted by Gasteiger charge is 2.49. The maximum Gasteiger partial charge on any atom is 0.223 e. The molecule has 0 bridgehead atoms. The van der Waals surface area contributed by atoms with E-state index in [0.29, 0.717) is 11.8 Å². The van der Waals surface area contributed by atoms with E-state index in [2.05, 4.69) is 17.1 Å². The van der Waals surface area contributed by atoms with Crippen molar-refractivity contribution in [2.24, 2.45) is 23.0 Å². The Labute approximate surface area is 133 Å². The van der Waals surface area contributed by atoms with Crippen LogP contribution >= 0.6 is 0 Å². The average molecular weight is 309 g/mol. The van der Waals surface area contributed by atoms with Gasteiger partial charge in [-0.1, -0.05) is 19.8 Å². The summed E-state index contributed by atoms with van der Waals surface area (Å²) in [6.07, 6.45) is 6.87. The van der Waals surface area contributed by atoms with Crippen LogP contribution in [0.4, 0.5) is 0 Å². The Balaban J connectivity index is 1.80. The Bertz CT molecular complexity index is 397. The largest absolute Gasteiger partial charge is 0.369 e. The fraction of sp³-hybridized carbons (Fsp3) is 0.941. The fourth-order valence-corrected chi connectivity index (χ4v) is 4.85. The summed E-state index contributed by atoms with van der Waals surface area (Å²) in [5, 5.41) is 3.41. The number of nitrogens with one attached hydrogen (secondary N) is 1. The molecule has 4 atom stereocenters. The van der Waals surface area contributed by atoms with E-state index in [-0.39, 0.29) is 17.6 Å². The van der Waals surface area contributed by atoms with Crippen molar-refractivity contribution in [2.75, 3.05) is 32.8 Å². The van der Waals surface area contributed by atoms with Gasteiger partial charge in [-0.2, -0.15) is 0 Å². The Kier molecular flexibility index (Phi) is 5.05. The number of carbonyl (C=O) groups is 1. The molecule has 1 amide bonds. The Morgan fingerprint density at radius 2 is 2.00 bits per heavy atom. The molecule has 3 aliphatic rings. The normalized spacial score (nSPS) is 41.2. The van der Waals surface area contributed by atoms with E-state index >= 15 is 0 Å². The third-order valence-corrected chi connectivity index (χ3v) is 6.21. The van der Waals surface area contributed by atoms with Crippen LogP contribution in [0.3, 0.4) is 0 Å². The Morgan fingerprint density at radius 3 is 2.73 bits per heavy atom. The molecule has 0 aromatic heterocycles. The van der Waals surface area contributed by atoms with Crippen LogP contribution < -0.4 is 11.1 Å². The molecule has 1 aliphatic carbocycles. The van der Waals surface area contributed by atoms with Crippen molar-refractivity contribution in [2.45, 2.75) is 51.7 Å². The second-order valence-corrected chi connectivity index (χ2v) is 7.49. The van der Waals surface area contributed by atoms with Crippen LogP contribution in [-0.4, -0.2) is 49.8 Å². The van der Waals surface area contributed by atoms with Crippen molar-refractivity contribution in [3.05, 3.63) is 0 Å². The predicted molar refractivity (Wildman–Crippen MR) is 86.2 cm³/mol. The van der Waals surface area contributed by atoms with Gasteiger partial charge in [-0.05, 0) is 31.6 Å². The summed E-state index contributed by atoms with van der Waals surface area (Å²) < 4.78 is 6.20. The van der Waals surface area contributed by atoms with Gasteiger partial charge in [0.1, 0.15) is 6.23 Å². The number of rotatable bonds is 3. The first kappa shape index (κ1) is 16.2. The molecule has 0 spiro atoms. The first-order valence-corrected chi connectivity index (χ1v) is 8.99. The van der Waals surface area contributed by atoms with Crippen molar-refractivity contribution in [3.8, 4) is 0 Å². The molecular formula is C17H31N3O2. The molecule has 0 aromatic carbocycles. The quantitative estimate of drug-likeness (QED) is 0.825. The second-order valence-electron chi connectivity index (χ2n) is 7.49. The Hall–Kier alpha value is -0.650. The minimum atomic E-state index is -0.351. The number of piperazine rings is 1. The van der Waals surface area contributed by atoms with E-state index < -0.39 is 0 Å². The standard InChI is InChI=1S/C17H31N3O2/c1-17(16(18)21)7-3-2-6-14(17)13-5-4-12-22-15(13)20-10-8-19-9-11-20/h13-15,19H,2-12H2,1H3,(H2,18,21). The average Bonchev–Trinajstić information content (AvgIpc) is 2.56. The lowest BCUT2D eigenvalue weighted by molar-refractivity contribution is -0.163. The van der Waals surface area contributed by atoms with Gasteiger partial charge in [0.15, 0.2) is 0 Å². The lowest BCUT2D eigenvalue weighted by atomic mass is 9.60. The number of nitrogens with zero attached hydrogens (tertiary/aromatic N) is 1. The van der Waals surface area contributed by atoms with Gasteiger partial charge in [-0.15, -0.1) is 0 Å². The summed E-state index contributed by atoms with van der Waals surface area (Å²) in [6, 6.07) is 0. The van der Waals surface area contributed by atoms with E-state index in [1.54, 1.807) is 0 Å². The first-order valence-electron chi connectivity index (χ1n) is 8.99. The zero-order valence-electron chi connectivity index (χ0n) is 13.9. The van der Waals surface area contributed by atoms with Gasteiger partial charge in [0.25, 0.3) is 0 Å². The number of amides is 1. The minimum Gasteiger partial charge on any atom is -0.369 e. The van der Waals surface area contributed by atoms with Crippen molar-refractivity contribution in [3.63, 3.8) is 0 Å². The highest BCUT2D eigenvalue weighted by atomic mass is 16.5. The lowest BCUT2D eigenvalue weighted by Crippen LogP contribution is -2.57. The second kappa shape index (κ2) is 6.85. The molecule has 3 rings (SSSR count). The summed E-state index contributed by atoms with van der Waals surface area (Å²) in [5.74, 6) is 0.713. The van der Waals surface area contributed by atoms with Crippen molar-refractivity contribution >= 4 is 5.91 Å². The van der Waals surface area contributed by atoms with Crippen molar-refractivity contribution in [1.82, 2.24) is 10.2 Å². The van der Waals surface area contributed by atoms with Crippen molar-refractivity contribution < 1.29 is 9.53 Å². The lowest BCUT2D eigenvalue weighted by Gasteiger charge is -2.50. The van der Waals surface area contributed by atoms with Crippen LogP contribution in [0.15, 0.2) is 0 Å². The number of nitrogens with two attached hydrogens (primary N) is 1. The number of ether oxygens (including phenoxy) is 1.